The molecule has 0 saturated heterocycles. The molecule has 2 rings (SSSR count). The Morgan fingerprint density at radius 3 is 1.17 bits per heavy atom. The van der Waals surface area contributed by atoms with Crippen LogP contribution in [0.5, 0.6) is 0 Å². The van der Waals surface area contributed by atoms with Gasteiger partial charge in [0.15, 0.2) is 0 Å². The minimum atomic E-state index is -1.71. The molecule has 2 aromatic rings. The molecule has 0 amide bonds. The van der Waals surface area contributed by atoms with Gasteiger partial charge in [-0.15, -0.1) is 0 Å². The van der Waals surface area contributed by atoms with Crippen molar-refractivity contribution in [2.45, 2.75) is 25.3 Å². The molecule has 0 radical (unpaired) electrons. The van der Waals surface area contributed by atoms with Gasteiger partial charge in [0.1, 0.15) is 0 Å². The van der Waals surface area contributed by atoms with Crippen LogP contribution >= 0.6 is 0 Å². The van der Waals surface area contributed by atoms with E-state index in [4.69, 9.17) is 0 Å². The van der Waals surface area contributed by atoms with Gasteiger partial charge in [-0.3, -0.25) is 29.8 Å². The van der Waals surface area contributed by atoms with Gasteiger partial charge in [0, 0.05) is 0 Å². The average molecular weight is 501 g/mol. The summed E-state index contributed by atoms with van der Waals surface area (Å²) in [5.74, 6) is -5.72. The van der Waals surface area contributed by atoms with E-state index in [2.05, 4.69) is 9.47 Å². The van der Waals surface area contributed by atoms with Gasteiger partial charge in [-0.05, 0) is 24.3 Å². The summed E-state index contributed by atoms with van der Waals surface area (Å²) in [4.78, 5) is 62.0. The molecule has 35 heavy (non-hydrogen) atoms. The molecule has 0 heterocycles. The van der Waals surface area contributed by atoms with Gasteiger partial charge in [-0.2, -0.15) is 0 Å². The molecule has 0 fully saturated rings. The Morgan fingerprint density at radius 2 is 0.943 bits per heavy atom. The SMILES string of the molecule is O=C([O-])CC(=O)OC(c1ccccc1)[N+](=O)[O-].O=C([O-])CC(=O)OC(c1ccccc1)[N+](=O)[O-].[Mg+2]. The summed E-state index contributed by atoms with van der Waals surface area (Å²) in [7, 11) is 0. The van der Waals surface area contributed by atoms with E-state index in [1.165, 1.54) is 24.3 Å². The number of nitrogens with zero attached hydrogens (tertiary/aromatic N) is 2. The summed E-state index contributed by atoms with van der Waals surface area (Å²) in [5.41, 5.74) is 0.313. The molecular weight excluding hydrogens is 485 g/mol. The number of aliphatic carboxylic acids is 2. The first kappa shape index (κ1) is 30.9. The van der Waals surface area contributed by atoms with Crippen molar-refractivity contribution >= 4 is 46.9 Å². The maximum Gasteiger partial charge on any atom is 2.00 e. The number of nitro groups is 2. The molecule has 14 nitrogen and oxygen atoms in total. The van der Waals surface area contributed by atoms with Crippen molar-refractivity contribution in [1.82, 2.24) is 0 Å². The first-order valence-corrected chi connectivity index (χ1v) is 9.16. The van der Waals surface area contributed by atoms with Crippen molar-refractivity contribution in [2.75, 3.05) is 0 Å². The number of carboxylic acid groups (broad SMARTS) is 2. The molecule has 0 aliphatic rings. The quantitative estimate of drug-likeness (QED) is 0.0948. The van der Waals surface area contributed by atoms with Gasteiger partial charge in [-0.1, -0.05) is 36.4 Å². The molecule has 180 valence electrons. The van der Waals surface area contributed by atoms with Crippen LogP contribution < -0.4 is 10.2 Å². The normalized spacial score (nSPS) is 11.2. The van der Waals surface area contributed by atoms with Crippen molar-refractivity contribution in [2.24, 2.45) is 0 Å². The molecule has 0 aliphatic carbocycles. The van der Waals surface area contributed by atoms with Crippen molar-refractivity contribution in [3.63, 3.8) is 0 Å². The smallest absolute Gasteiger partial charge is 0.550 e. The number of hydrogen-bond donors (Lipinski definition) is 0. The fourth-order valence-electron chi connectivity index (χ4n) is 2.27. The third kappa shape index (κ3) is 12.1. The molecule has 2 aromatic carbocycles. The van der Waals surface area contributed by atoms with Gasteiger partial charge in [0.05, 0.1) is 45.8 Å². The van der Waals surface area contributed by atoms with Crippen molar-refractivity contribution in [3.8, 4) is 0 Å². The summed E-state index contributed by atoms with van der Waals surface area (Å²) >= 11 is 0. The summed E-state index contributed by atoms with van der Waals surface area (Å²) in [6, 6.07) is 15.1. The number of benzene rings is 2. The predicted molar refractivity (Wildman–Crippen MR) is 110 cm³/mol. The van der Waals surface area contributed by atoms with E-state index in [9.17, 15) is 49.6 Å². The number of carbonyl (C=O) groups excluding carboxylic acids is 4. The number of esters is 2. The maximum absolute atomic E-state index is 11.0. The number of rotatable bonds is 10. The standard InChI is InChI=1S/2C10H9NO6.Mg/c2*12-8(13)6-9(14)17-10(11(15)16)7-4-2-1-3-5-7;/h2*1-5,10H,6H2,(H,12,13);/q;;+2/p-2. The number of ether oxygens (including phenoxy) is 2. The first-order valence-electron chi connectivity index (χ1n) is 9.16. The van der Waals surface area contributed by atoms with Gasteiger partial charge in [0.2, 0.25) is 0 Å². The molecule has 0 N–H and O–H groups in total. The van der Waals surface area contributed by atoms with Crippen LogP contribution in [0.25, 0.3) is 0 Å². The Morgan fingerprint density at radius 1 is 0.657 bits per heavy atom. The Bertz CT molecular complexity index is 949. The van der Waals surface area contributed by atoms with Crippen molar-refractivity contribution in [3.05, 3.63) is 92.0 Å². The molecule has 0 aromatic heterocycles. The second-order valence-corrected chi connectivity index (χ2v) is 6.17. The van der Waals surface area contributed by atoms with Crippen LogP contribution in [0, 0.1) is 20.2 Å². The third-order valence-corrected chi connectivity index (χ3v) is 3.62. The van der Waals surface area contributed by atoms with Gasteiger partial charge in [0.25, 0.3) is 0 Å². The molecule has 2 atom stereocenters. The number of carboxylic acids is 2. The molecular formula is C20H16MgN2O12. The van der Waals surface area contributed by atoms with E-state index < -0.39 is 59.0 Å². The third-order valence-electron chi connectivity index (χ3n) is 3.62. The largest absolute Gasteiger partial charge is 2.00 e. The Labute approximate surface area is 212 Å². The Balaban J connectivity index is 0.000000642. The molecule has 0 spiro atoms. The Kier molecular flexibility index (Phi) is 13.8. The second kappa shape index (κ2) is 15.7. The van der Waals surface area contributed by atoms with E-state index in [0.717, 1.165) is 0 Å². The van der Waals surface area contributed by atoms with E-state index in [-0.39, 0.29) is 34.2 Å². The van der Waals surface area contributed by atoms with Gasteiger partial charge in [-0.25, -0.2) is 0 Å². The minimum Gasteiger partial charge on any atom is -0.550 e. The first-order chi connectivity index (χ1) is 16.0. The zero-order valence-electron chi connectivity index (χ0n) is 17.8. The monoisotopic (exact) mass is 500 g/mol. The molecule has 0 aliphatic heterocycles. The van der Waals surface area contributed by atoms with Crippen LogP contribution in [0.4, 0.5) is 0 Å². The van der Waals surface area contributed by atoms with E-state index in [0.29, 0.717) is 0 Å². The van der Waals surface area contributed by atoms with Crippen LogP contribution in [0.3, 0.4) is 0 Å². The zero-order valence-corrected chi connectivity index (χ0v) is 19.3. The van der Waals surface area contributed by atoms with Crippen molar-refractivity contribution < 1.29 is 48.7 Å². The number of carbonyl (C=O) groups is 4. The van der Waals surface area contributed by atoms with Crippen LogP contribution in [0.1, 0.15) is 36.4 Å². The molecule has 2 unspecified atom stereocenters. The summed E-state index contributed by atoms with van der Waals surface area (Å²) < 4.78 is 8.90. The summed E-state index contributed by atoms with van der Waals surface area (Å²) in [5, 5.41) is 41.6. The molecule has 0 saturated carbocycles. The number of hydrogen-bond acceptors (Lipinski definition) is 12. The summed E-state index contributed by atoms with van der Waals surface area (Å²) in [6.45, 7) is 0. The minimum absolute atomic E-state index is 0. The fraction of sp³-hybridized carbons (Fsp3) is 0.200. The van der Waals surface area contributed by atoms with Crippen LogP contribution in [-0.4, -0.2) is 56.8 Å². The van der Waals surface area contributed by atoms with Crippen LogP contribution in [0.2, 0.25) is 0 Å². The average Bonchev–Trinajstić information content (AvgIpc) is 2.76. The molecule has 0 bridgehead atoms. The Hall–Kier alpha value is -4.11. The topological polar surface area (TPSA) is 219 Å². The van der Waals surface area contributed by atoms with Gasteiger partial charge < -0.3 is 29.3 Å². The maximum atomic E-state index is 11.0. The molecule has 15 heteroatoms. The summed E-state index contributed by atoms with van der Waals surface area (Å²) in [6.07, 6.45) is -5.44. The fourth-order valence-corrected chi connectivity index (χ4v) is 2.27. The van der Waals surface area contributed by atoms with Gasteiger partial charge >= 0.3 is 47.4 Å². The van der Waals surface area contributed by atoms with Crippen molar-refractivity contribution in [1.29, 1.82) is 0 Å². The van der Waals surface area contributed by atoms with E-state index in [1.807, 2.05) is 0 Å². The predicted octanol–water partition coefficient (Wildman–Crippen LogP) is -1.09. The van der Waals surface area contributed by atoms with Crippen LogP contribution in [-0.2, 0) is 28.7 Å². The zero-order chi connectivity index (χ0) is 25.7. The van der Waals surface area contributed by atoms with Crippen LogP contribution in [0.15, 0.2) is 60.7 Å². The second-order valence-electron chi connectivity index (χ2n) is 6.17. The van der Waals surface area contributed by atoms with E-state index in [1.54, 1.807) is 36.4 Å². The van der Waals surface area contributed by atoms with E-state index >= 15 is 0 Å².